The van der Waals surface area contributed by atoms with Gasteiger partial charge in [-0.2, -0.15) is 0 Å². The number of unbranched alkanes of at least 4 members (excludes halogenated alkanes) is 11. The normalized spacial score (nSPS) is 14.1. The molecule has 1 amide bonds. The van der Waals surface area contributed by atoms with Crippen LogP contribution in [0.15, 0.2) is 12.1 Å². The highest BCUT2D eigenvalue weighted by Crippen LogP contribution is 2.52. The molecule has 0 spiro atoms. The van der Waals surface area contributed by atoms with E-state index in [2.05, 4.69) is 12.2 Å². The Morgan fingerprint density at radius 1 is 0.781 bits per heavy atom. The van der Waals surface area contributed by atoms with Gasteiger partial charge in [-0.25, -0.2) is 0 Å². The summed E-state index contributed by atoms with van der Waals surface area (Å²) in [4.78, 5) is 13.1. The number of nitrogens with one attached hydrogen (secondary N) is 1. The van der Waals surface area contributed by atoms with E-state index in [0.717, 1.165) is 25.7 Å². The van der Waals surface area contributed by atoms with Crippen LogP contribution < -0.4 is 19.5 Å². The molecule has 2 rings (SSSR count). The average molecular weight is 448 g/mol. The molecule has 0 aromatic heterocycles. The summed E-state index contributed by atoms with van der Waals surface area (Å²) in [6, 6.07) is 3.53. The largest absolute Gasteiger partial charge is 0.496 e. The average Bonchev–Trinajstić information content (AvgIpc) is 3.61. The monoisotopic (exact) mass is 447 g/mol. The topological polar surface area (TPSA) is 56.8 Å². The van der Waals surface area contributed by atoms with E-state index < -0.39 is 0 Å². The van der Waals surface area contributed by atoms with Gasteiger partial charge < -0.3 is 19.5 Å². The Labute approximate surface area is 195 Å². The predicted octanol–water partition coefficient (Wildman–Crippen LogP) is 7.52. The third kappa shape index (κ3) is 8.22. The smallest absolute Gasteiger partial charge is 0.230 e. The van der Waals surface area contributed by atoms with Gasteiger partial charge in [0.1, 0.15) is 22.9 Å². The van der Waals surface area contributed by atoms with Crippen LogP contribution in [-0.4, -0.2) is 27.2 Å². The minimum Gasteiger partial charge on any atom is -0.496 e. The van der Waals surface area contributed by atoms with Gasteiger partial charge >= 0.3 is 0 Å². The first-order valence-corrected chi connectivity index (χ1v) is 12.7. The number of carbonyl (C=O) groups excluding carboxylic acids is 1. The van der Waals surface area contributed by atoms with E-state index in [9.17, 15) is 4.79 Å². The van der Waals surface area contributed by atoms with Crippen molar-refractivity contribution in [2.75, 3.05) is 26.6 Å². The van der Waals surface area contributed by atoms with E-state index in [1.807, 2.05) is 0 Å². The summed E-state index contributed by atoms with van der Waals surface area (Å²) >= 11 is 0. The first-order valence-electron chi connectivity index (χ1n) is 12.7. The highest BCUT2D eigenvalue weighted by molar-refractivity contribution is 5.99. The molecule has 182 valence electrons. The lowest BCUT2D eigenvalue weighted by Crippen LogP contribution is -2.24. The fourth-order valence-electron chi connectivity index (χ4n) is 4.42. The number of carbonyl (C=O) groups is 1. The molecular weight excluding hydrogens is 402 g/mol. The minimum atomic E-state index is -0.214. The van der Waals surface area contributed by atoms with E-state index in [4.69, 9.17) is 14.2 Å². The third-order valence-corrected chi connectivity index (χ3v) is 6.80. The zero-order valence-corrected chi connectivity index (χ0v) is 20.9. The van der Waals surface area contributed by atoms with Gasteiger partial charge in [0.2, 0.25) is 5.91 Å². The number of hydrogen-bond donors (Lipinski definition) is 1. The summed E-state index contributed by atoms with van der Waals surface area (Å²) in [6.45, 7) is 2.27. The van der Waals surface area contributed by atoms with Crippen molar-refractivity contribution in [2.24, 2.45) is 5.41 Å². The van der Waals surface area contributed by atoms with Crippen molar-refractivity contribution >= 4 is 11.6 Å². The lowest BCUT2D eigenvalue weighted by Gasteiger charge is -2.19. The Balaban J connectivity index is 1.68. The molecule has 1 saturated carbocycles. The van der Waals surface area contributed by atoms with Gasteiger partial charge in [0.15, 0.2) is 0 Å². The van der Waals surface area contributed by atoms with Gasteiger partial charge in [0.05, 0.1) is 21.3 Å². The van der Waals surface area contributed by atoms with Gasteiger partial charge in [0.25, 0.3) is 0 Å². The number of hydrogen-bond acceptors (Lipinski definition) is 4. The van der Waals surface area contributed by atoms with Gasteiger partial charge in [-0.05, 0) is 19.3 Å². The first-order chi connectivity index (χ1) is 15.6. The molecule has 5 nitrogen and oxygen atoms in total. The molecule has 0 heterocycles. The zero-order chi connectivity index (χ0) is 23.2. The summed E-state index contributed by atoms with van der Waals surface area (Å²) < 4.78 is 16.2. The van der Waals surface area contributed by atoms with Crippen molar-refractivity contribution in [3.8, 4) is 17.2 Å². The molecule has 1 fully saturated rings. The van der Waals surface area contributed by atoms with Crippen LogP contribution in [0.5, 0.6) is 17.2 Å². The van der Waals surface area contributed by atoms with Gasteiger partial charge in [0, 0.05) is 17.5 Å². The standard InChI is InChI=1S/C27H45NO4/c1-5-6-7-8-9-10-11-12-13-14-15-16-17-27(18-19-27)26(29)28-25-23(31-3)20-22(30-2)21-24(25)32-4/h20-21H,5-19H2,1-4H3,(H,28,29). The summed E-state index contributed by atoms with van der Waals surface area (Å²) in [6.07, 6.45) is 18.9. The highest BCUT2D eigenvalue weighted by atomic mass is 16.5. The molecule has 32 heavy (non-hydrogen) atoms. The molecule has 5 heteroatoms. The Bertz CT molecular complexity index is 659. The van der Waals surface area contributed by atoms with Crippen molar-refractivity contribution in [1.82, 2.24) is 0 Å². The highest BCUT2D eigenvalue weighted by Gasteiger charge is 2.49. The Morgan fingerprint density at radius 2 is 1.25 bits per heavy atom. The van der Waals surface area contributed by atoms with Gasteiger partial charge in [-0.1, -0.05) is 84.0 Å². The number of benzene rings is 1. The zero-order valence-electron chi connectivity index (χ0n) is 20.9. The first kappa shape index (κ1) is 26.3. The van der Waals surface area contributed by atoms with E-state index in [-0.39, 0.29) is 11.3 Å². The molecule has 0 unspecified atom stereocenters. The number of anilines is 1. The third-order valence-electron chi connectivity index (χ3n) is 6.80. The molecule has 1 aromatic rings. The van der Waals surface area contributed by atoms with Crippen LogP contribution in [0.4, 0.5) is 5.69 Å². The second-order valence-electron chi connectivity index (χ2n) is 9.28. The molecule has 1 aliphatic rings. The minimum absolute atomic E-state index is 0.0855. The molecule has 0 aliphatic heterocycles. The quantitative estimate of drug-likeness (QED) is 0.236. The summed E-state index contributed by atoms with van der Waals surface area (Å²) in [5, 5.41) is 3.08. The van der Waals surface area contributed by atoms with Crippen LogP contribution in [0.3, 0.4) is 0 Å². The van der Waals surface area contributed by atoms with E-state index in [1.165, 1.54) is 70.6 Å². The Morgan fingerprint density at radius 3 is 1.66 bits per heavy atom. The van der Waals surface area contributed by atoms with Crippen LogP contribution in [0.25, 0.3) is 0 Å². The van der Waals surface area contributed by atoms with Crippen molar-refractivity contribution in [3.05, 3.63) is 12.1 Å². The Hall–Kier alpha value is -1.91. The fraction of sp³-hybridized carbons (Fsp3) is 0.741. The lowest BCUT2D eigenvalue weighted by atomic mass is 9.96. The second kappa shape index (κ2) is 14.3. The molecule has 0 bridgehead atoms. The van der Waals surface area contributed by atoms with Gasteiger partial charge in [-0.3, -0.25) is 4.79 Å². The lowest BCUT2D eigenvalue weighted by molar-refractivity contribution is -0.121. The molecule has 1 N–H and O–H groups in total. The van der Waals surface area contributed by atoms with E-state index in [1.54, 1.807) is 33.5 Å². The fourth-order valence-corrected chi connectivity index (χ4v) is 4.42. The van der Waals surface area contributed by atoms with Crippen molar-refractivity contribution in [1.29, 1.82) is 0 Å². The maximum atomic E-state index is 13.1. The summed E-state index contributed by atoms with van der Waals surface area (Å²) in [5.41, 5.74) is 0.371. The maximum Gasteiger partial charge on any atom is 0.230 e. The molecule has 1 aliphatic carbocycles. The van der Waals surface area contributed by atoms with Crippen molar-refractivity contribution < 1.29 is 19.0 Å². The number of rotatable bonds is 18. The Kier molecular flexibility index (Phi) is 11.8. The van der Waals surface area contributed by atoms with Crippen molar-refractivity contribution in [3.63, 3.8) is 0 Å². The van der Waals surface area contributed by atoms with E-state index in [0.29, 0.717) is 22.9 Å². The number of ether oxygens (including phenoxy) is 3. The van der Waals surface area contributed by atoms with Gasteiger partial charge in [-0.15, -0.1) is 0 Å². The maximum absolute atomic E-state index is 13.1. The molecule has 0 radical (unpaired) electrons. The summed E-state index contributed by atoms with van der Waals surface area (Å²) in [7, 11) is 4.77. The molecule has 0 saturated heterocycles. The molecule has 1 aromatic carbocycles. The second-order valence-corrected chi connectivity index (χ2v) is 9.28. The number of amides is 1. The SMILES string of the molecule is CCCCCCCCCCCCCCC1(C(=O)Nc2c(OC)cc(OC)cc2OC)CC1. The van der Waals surface area contributed by atoms with Crippen LogP contribution in [0, 0.1) is 5.41 Å². The van der Waals surface area contributed by atoms with Crippen LogP contribution in [0.2, 0.25) is 0 Å². The van der Waals surface area contributed by atoms with Crippen molar-refractivity contribution in [2.45, 2.75) is 103 Å². The number of methoxy groups -OCH3 is 3. The molecular formula is C27H45NO4. The summed E-state index contributed by atoms with van der Waals surface area (Å²) in [5.74, 6) is 1.82. The van der Waals surface area contributed by atoms with Crippen LogP contribution in [0.1, 0.15) is 103 Å². The molecule has 0 atom stereocenters. The van der Waals surface area contributed by atoms with Crippen LogP contribution in [-0.2, 0) is 4.79 Å². The van der Waals surface area contributed by atoms with Crippen LogP contribution >= 0.6 is 0 Å². The predicted molar refractivity (Wildman–Crippen MR) is 132 cm³/mol. The van der Waals surface area contributed by atoms with E-state index >= 15 is 0 Å².